The van der Waals surface area contributed by atoms with Gasteiger partial charge in [-0.25, -0.2) is 0 Å². The molecule has 0 aliphatic rings. The Balaban J connectivity index is 1.71. The summed E-state index contributed by atoms with van der Waals surface area (Å²) in [4.78, 5) is 4.92. The molecule has 0 aromatic heterocycles. The van der Waals surface area contributed by atoms with Crippen molar-refractivity contribution in [3.8, 4) is 0 Å². The standard InChI is InChI=1S/C24H19N/c1-3-10-21(11-4-1)24(22-12-5-2-6-13-22)25-18-19-15-16-20-9-7-8-14-23(20)17-19/h1-18,24H. The summed E-state index contributed by atoms with van der Waals surface area (Å²) in [6.45, 7) is 0. The second kappa shape index (κ2) is 7.14. The fraction of sp³-hybridized carbons (Fsp3) is 0.0417. The number of fused-ring (bicyclic) bond motifs is 1. The zero-order chi connectivity index (χ0) is 16.9. The van der Waals surface area contributed by atoms with Gasteiger partial charge in [0.15, 0.2) is 0 Å². The van der Waals surface area contributed by atoms with E-state index in [0.717, 1.165) is 5.56 Å². The molecule has 0 bridgehead atoms. The Bertz CT molecular complexity index is 948. The minimum Gasteiger partial charge on any atom is -0.280 e. The van der Waals surface area contributed by atoms with E-state index in [9.17, 15) is 0 Å². The fourth-order valence-electron chi connectivity index (χ4n) is 3.08. The largest absolute Gasteiger partial charge is 0.280 e. The van der Waals surface area contributed by atoms with E-state index in [1.165, 1.54) is 21.9 Å². The number of rotatable bonds is 4. The average Bonchev–Trinajstić information content (AvgIpc) is 2.70. The van der Waals surface area contributed by atoms with Crippen LogP contribution in [0.4, 0.5) is 0 Å². The summed E-state index contributed by atoms with van der Waals surface area (Å²) in [5.41, 5.74) is 3.52. The first-order valence-electron chi connectivity index (χ1n) is 8.52. The van der Waals surface area contributed by atoms with E-state index in [0.29, 0.717) is 0 Å². The van der Waals surface area contributed by atoms with E-state index in [-0.39, 0.29) is 6.04 Å². The molecule has 0 fully saturated rings. The maximum absolute atomic E-state index is 4.92. The van der Waals surface area contributed by atoms with Crippen molar-refractivity contribution in [2.75, 3.05) is 0 Å². The van der Waals surface area contributed by atoms with Crippen molar-refractivity contribution >= 4 is 17.0 Å². The Hall–Kier alpha value is -3.19. The highest BCUT2D eigenvalue weighted by atomic mass is 14.8. The van der Waals surface area contributed by atoms with Crippen molar-refractivity contribution < 1.29 is 0 Å². The van der Waals surface area contributed by atoms with Gasteiger partial charge in [0, 0.05) is 6.21 Å². The molecule has 0 saturated carbocycles. The highest BCUT2D eigenvalue weighted by Gasteiger charge is 2.11. The number of nitrogens with zero attached hydrogens (tertiary/aromatic N) is 1. The topological polar surface area (TPSA) is 12.4 Å². The molecule has 0 unspecified atom stereocenters. The van der Waals surface area contributed by atoms with Gasteiger partial charge >= 0.3 is 0 Å². The number of benzene rings is 4. The van der Waals surface area contributed by atoms with Gasteiger partial charge in [-0.05, 0) is 33.5 Å². The van der Waals surface area contributed by atoms with Gasteiger partial charge in [-0.15, -0.1) is 0 Å². The average molecular weight is 321 g/mol. The van der Waals surface area contributed by atoms with Crippen LogP contribution in [0.1, 0.15) is 22.7 Å². The van der Waals surface area contributed by atoms with Gasteiger partial charge in [-0.1, -0.05) is 97.1 Å². The van der Waals surface area contributed by atoms with Crippen LogP contribution < -0.4 is 0 Å². The van der Waals surface area contributed by atoms with Gasteiger partial charge in [0.05, 0.1) is 6.04 Å². The second-order valence-electron chi connectivity index (χ2n) is 6.11. The van der Waals surface area contributed by atoms with Crippen molar-refractivity contribution in [2.24, 2.45) is 4.99 Å². The lowest BCUT2D eigenvalue weighted by molar-refractivity contribution is 0.878. The molecule has 120 valence electrons. The highest BCUT2D eigenvalue weighted by Crippen LogP contribution is 2.26. The normalized spacial score (nSPS) is 11.4. The minimum absolute atomic E-state index is 0.00821. The predicted molar refractivity (Wildman–Crippen MR) is 106 cm³/mol. The molecule has 0 heterocycles. The van der Waals surface area contributed by atoms with Crippen LogP contribution in [0.15, 0.2) is 108 Å². The molecule has 0 amide bonds. The summed E-state index contributed by atoms with van der Waals surface area (Å²) in [5, 5.41) is 2.49. The monoisotopic (exact) mass is 321 g/mol. The molecule has 0 N–H and O–H groups in total. The van der Waals surface area contributed by atoms with Crippen LogP contribution in [-0.2, 0) is 0 Å². The van der Waals surface area contributed by atoms with Gasteiger partial charge in [0.1, 0.15) is 0 Å². The van der Waals surface area contributed by atoms with Gasteiger partial charge in [-0.3, -0.25) is 4.99 Å². The molecule has 1 heteroatoms. The predicted octanol–water partition coefficient (Wildman–Crippen LogP) is 6.05. The third-order valence-electron chi connectivity index (χ3n) is 4.38. The van der Waals surface area contributed by atoms with E-state index in [4.69, 9.17) is 4.99 Å². The number of hydrogen-bond acceptors (Lipinski definition) is 1. The lowest BCUT2D eigenvalue weighted by Crippen LogP contribution is -1.98. The summed E-state index contributed by atoms with van der Waals surface area (Å²) in [7, 11) is 0. The van der Waals surface area contributed by atoms with Crippen LogP contribution in [0.2, 0.25) is 0 Å². The first kappa shape index (κ1) is 15.3. The van der Waals surface area contributed by atoms with Gasteiger partial charge in [0.2, 0.25) is 0 Å². The zero-order valence-corrected chi connectivity index (χ0v) is 13.9. The molecule has 0 radical (unpaired) electrons. The summed E-state index contributed by atoms with van der Waals surface area (Å²) < 4.78 is 0. The SMILES string of the molecule is C(=NC(c1ccccc1)c1ccccc1)c1ccc2ccccc2c1. The van der Waals surface area contributed by atoms with Gasteiger partial charge in [0.25, 0.3) is 0 Å². The van der Waals surface area contributed by atoms with E-state index < -0.39 is 0 Å². The van der Waals surface area contributed by atoms with Gasteiger partial charge < -0.3 is 0 Å². The quantitative estimate of drug-likeness (QED) is 0.406. The van der Waals surface area contributed by atoms with Crippen molar-refractivity contribution in [1.82, 2.24) is 0 Å². The first-order chi connectivity index (χ1) is 12.4. The Morgan fingerprint density at radius 2 is 1.12 bits per heavy atom. The molecule has 25 heavy (non-hydrogen) atoms. The molecule has 0 aliphatic heterocycles. The van der Waals surface area contributed by atoms with Crippen molar-refractivity contribution in [1.29, 1.82) is 0 Å². The first-order valence-corrected chi connectivity index (χ1v) is 8.52. The molecule has 4 rings (SSSR count). The molecule has 0 atom stereocenters. The van der Waals surface area contributed by atoms with Crippen LogP contribution >= 0.6 is 0 Å². The third kappa shape index (κ3) is 3.51. The molecule has 0 saturated heterocycles. The smallest absolute Gasteiger partial charge is 0.0999 e. The van der Waals surface area contributed by atoms with E-state index in [2.05, 4.69) is 91.0 Å². The Morgan fingerprint density at radius 1 is 0.560 bits per heavy atom. The van der Waals surface area contributed by atoms with Crippen LogP contribution in [0.25, 0.3) is 10.8 Å². The van der Waals surface area contributed by atoms with Crippen LogP contribution in [0.3, 0.4) is 0 Å². The van der Waals surface area contributed by atoms with E-state index >= 15 is 0 Å². The molecule has 1 nitrogen and oxygen atoms in total. The number of aliphatic imine (C=N–C) groups is 1. The second-order valence-corrected chi connectivity index (χ2v) is 6.11. The fourth-order valence-corrected chi connectivity index (χ4v) is 3.08. The van der Waals surface area contributed by atoms with Crippen LogP contribution in [0.5, 0.6) is 0 Å². The van der Waals surface area contributed by atoms with Crippen molar-refractivity contribution in [3.05, 3.63) is 120 Å². The molecule has 4 aromatic rings. The van der Waals surface area contributed by atoms with Crippen LogP contribution in [0, 0.1) is 0 Å². The molecule has 0 aliphatic carbocycles. The summed E-state index contributed by atoms with van der Waals surface area (Å²) in [6, 6.07) is 35.8. The Morgan fingerprint density at radius 3 is 1.76 bits per heavy atom. The Kier molecular flexibility index (Phi) is 4.38. The van der Waals surface area contributed by atoms with Crippen molar-refractivity contribution in [2.45, 2.75) is 6.04 Å². The maximum atomic E-state index is 4.92. The molecule has 4 aromatic carbocycles. The van der Waals surface area contributed by atoms with Crippen molar-refractivity contribution in [3.63, 3.8) is 0 Å². The zero-order valence-electron chi connectivity index (χ0n) is 13.9. The molecular formula is C24H19N. The highest BCUT2D eigenvalue weighted by molar-refractivity contribution is 5.90. The Labute approximate surface area is 148 Å². The summed E-state index contributed by atoms with van der Waals surface area (Å²) in [6.07, 6.45) is 1.98. The summed E-state index contributed by atoms with van der Waals surface area (Å²) in [5.74, 6) is 0. The minimum atomic E-state index is 0.00821. The molecule has 0 spiro atoms. The third-order valence-corrected chi connectivity index (χ3v) is 4.38. The van der Waals surface area contributed by atoms with E-state index in [1.807, 2.05) is 18.3 Å². The lowest BCUT2D eigenvalue weighted by Gasteiger charge is -2.13. The maximum Gasteiger partial charge on any atom is 0.0999 e. The van der Waals surface area contributed by atoms with E-state index in [1.54, 1.807) is 0 Å². The number of hydrogen-bond donors (Lipinski definition) is 0. The lowest BCUT2D eigenvalue weighted by atomic mass is 9.99. The van der Waals surface area contributed by atoms with Gasteiger partial charge in [-0.2, -0.15) is 0 Å². The van der Waals surface area contributed by atoms with Crippen LogP contribution in [-0.4, -0.2) is 6.21 Å². The molecular weight excluding hydrogens is 302 g/mol. The summed E-state index contributed by atoms with van der Waals surface area (Å²) >= 11 is 0.